The number of ether oxygens (including phenoxy) is 1. The summed E-state index contributed by atoms with van der Waals surface area (Å²) in [5.41, 5.74) is 0.0405. The van der Waals surface area contributed by atoms with Crippen molar-refractivity contribution in [2.75, 3.05) is 44.4 Å². The molecule has 0 aliphatic carbocycles. The summed E-state index contributed by atoms with van der Waals surface area (Å²) in [5, 5.41) is 2.48. The third-order valence-electron chi connectivity index (χ3n) is 6.55. The number of carbonyl (C=O) groups is 1. The van der Waals surface area contributed by atoms with Gasteiger partial charge >= 0.3 is 6.18 Å². The van der Waals surface area contributed by atoms with E-state index in [4.69, 9.17) is 4.74 Å². The molecular formula is C31H32F4N6O2. The van der Waals surface area contributed by atoms with Crippen molar-refractivity contribution in [3.05, 3.63) is 89.8 Å². The quantitative estimate of drug-likeness (QED) is 0.193. The maximum Gasteiger partial charge on any atom is 0.416 e. The molecule has 4 aromatic rings. The van der Waals surface area contributed by atoms with E-state index < -0.39 is 29.0 Å². The highest BCUT2D eigenvalue weighted by Gasteiger charge is 2.31. The zero-order chi connectivity index (χ0) is 31.1. The molecule has 0 unspecified atom stereocenters. The Labute approximate surface area is 247 Å². The van der Waals surface area contributed by atoms with Crippen molar-refractivity contribution in [2.24, 2.45) is 0 Å². The van der Waals surface area contributed by atoms with Gasteiger partial charge in [0.25, 0.3) is 5.91 Å². The van der Waals surface area contributed by atoms with Crippen molar-refractivity contribution in [3.63, 3.8) is 0 Å². The van der Waals surface area contributed by atoms with Gasteiger partial charge in [0.2, 0.25) is 5.88 Å². The summed E-state index contributed by atoms with van der Waals surface area (Å²) in [5.74, 6) is -0.912. The molecule has 226 valence electrons. The Kier molecular flexibility index (Phi) is 9.92. The van der Waals surface area contributed by atoms with Crippen molar-refractivity contribution in [3.8, 4) is 22.9 Å². The number of aryl methyl sites for hydroxylation is 1. The second-order valence-electron chi connectivity index (χ2n) is 10.1. The van der Waals surface area contributed by atoms with E-state index in [2.05, 4.69) is 20.3 Å². The van der Waals surface area contributed by atoms with E-state index in [-0.39, 0.29) is 17.3 Å². The van der Waals surface area contributed by atoms with E-state index in [0.717, 1.165) is 31.2 Å². The fraction of sp³-hybridized carbons (Fsp3) is 0.290. The second kappa shape index (κ2) is 13.6. The first kappa shape index (κ1) is 31.4. The summed E-state index contributed by atoms with van der Waals surface area (Å²) < 4.78 is 61.5. The van der Waals surface area contributed by atoms with Crippen LogP contribution in [0.4, 0.5) is 28.9 Å². The summed E-state index contributed by atoms with van der Waals surface area (Å²) in [4.78, 5) is 30.0. The van der Waals surface area contributed by atoms with Crippen LogP contribution in [-0.4, -0.2) is 60.0 Å². The smallest absolute Gasteiger partial charge is 0.416 e. The zero-order valence-corrected chi connectivity index (χ0v) is 24.2. The number of aromatic nitrogens is 3. The second-order valence-corrected chi connectivity index (χ2v) is 10.1. The molecule has 43 heavy (non-hydrogen) atoms. The van der Waals surface area contributed by atoms with Crippen LogP contribution in [0.15, 0.2) is 67.0 Å². The number of nitrogens with one attached hydrogen (secondary N) is 1. The molecule has 0 saturated carbocycles. The minimum absolute atomic E-state index is 0.0969. The SMILES string of the molecule is CCc1nccc(-c2cccnc2Oc2ccc(F)c(C(=O)Nc3cc(C(F)(F)F)ccc3N(C)CCCN(C)C)c2)n1. The molecule has 0 spiro atoms. The number of amides is 1. The molecule has 2 heterocycles. The molecule has 0 aliphatic rings. The number of nitrogens with zero attached hydrogens (tertiary/aromatic N) is 5. The molecule has 0 aliphatic heterocycles. The van der Waals surface area contributed by atoms with E-state index in [1.807, 2.05) is 25.9 Å². The van der Waals surface area contributed by atoms with E-state index in [1.54, 1.807) is 36.3 Å². The largest absolute Gasteiger partial charge is 0.438 e. The monoisotopic (exact) mass is 596 g/mol. The first-order valence-electron chi connectivity index (χ1n) is 13.6. The van der Waals surface area contributed by atoms with Crippen LogP contribution in [0, 0.1) is 5.82 Å². The number of halogens is 4. The van der Waals surface area contributed by atoms with Crippen LogP contribution < -0.4 is 15.0 Å². The van der Waals surface area contributed by atoms with Crippen LogP contribution in [0.1, 0.15) is 35.1 Å². The highest BCUT2D eigenvalue weighted by atomic mass is 19.4. The van der Waals surface area contributed by atoms with Gasteiger partial charge in [-0.05, 0) is 81.7 Å². The molecule has 0 saturated heterocycles. The van der Waals surface area contributed by atoms with Crippen molar-refractivity contribution in [2.45, 2.75) is 25.9 Å². The van der Waals surface area contributed by atoms with Crippen molar-refractivity contribution in [1.82, 2.24) is 19.9 Å². The molecule has 0 atom stereocenters. The summed E-state index contributed by atoms with van der Waals surface area (Å²) in [6, 6.07) is 11.8. The van der Waals surface area contributed by atoms with Gasteiger partial charge in [-0.2, -0.15) is 13.2 Å². The van der Waals surface area contributed by atoms with Gasteiger partial charge in [-0.1, -0.05) is 6.92 Å². The lowest BCUT2D eigenvalue weighted by atomic mass is 10.1. The Hall–Kier alpha value is -4.58. The summed E-state index contributed by atoms with van der Waals surface area (Å²) >= 11 is 0. The minimum Gasteiger partial charge on any atom is -0.438 e. The van der Waals surface area contributed by atoms with Crippen molar-refractivity contribution >= 4 is 17.3 Å². The van der Waals surface area contributed by atoms with E-state index in [1.165, 1.54) is 24.4 Å². The van der Waals surface area contributed by atoms with Gasteiger partial charge < -0.3 is 19.9 Å². The molecule has 0 radical (unpaired) electrons. The highest BCUT2D eigenvalue weighted by molar-refractivity contribution is 6.06. The minimum atomic E-state index is -4.64. The normalized spacial score (nSPS) is 11.5. The zero-order valence-electron chi connectivity index (χ0n) is 24.2. The number of anilines is 2. The van der Waals surface area contributed by atoms with Crippen LogP contribution in [-0.2, 0) is 12.6 Å². The van der Waals surface area contributed by atoms with Gasteiger partial charge in [0.15, 0.2) is 0 Å². The van der Waals surface area contributed by atoms with Crippen LogP contribution in [0.25, 0.3) is 11.3 Å². The molecule has 2 aromatic carbocycles. The summed E-state index contributed by atoms with van der Waals surface area (Å²) in [6.07, 6.45) is -0.138. The third-order valence-corrected chi connectivity index (χ3v) is 6.55. The number of carbonyl (C=O) groups excluding carboxylic acids is 1. The fourth-order valence-corrected chi connectivity index (χ4v) is 4.32. The average molecular weight is 597 g/mol. The molecule has 12 heteroatoms. The van der Waals surface area contributed by atoms with E-state index >= 15 is 0 Å². The topological polar surface area (TPSA) is 83.5 Å². The van der Waals surface area contributed by atoms with Crippen LogP contribution in [0.2, 0.25) is 0 Å². The first-order chi connectivity index (χ1) is 20.5. The third kappa shape index (κ3) is 8.04. The number of rotatable bonds is 11. The Balaban J connectivity index is 1.62. The van der Waals surface area contributed by atoms with Crippen LogP contribution in [0.5, 0.6) is 11.6 Å². The summed E-state index contributed by atoms with van der Waals surface area (Å²) in [6.45, 7) is 3.21. The molecular weight excluding hydrogens is 564 g/mol. The van der Waals surface area contributed by atoms with Gasteiger partial charge in [-0.3, -0.25) is 4.79 Å². The lowest BCUT2D eigenvalue weighted by Gasteiger charge is -2.24. The predicted octanol–water partition coefficient (Wildman–Crippen LogP) is 6.69. The lowest BCUT2D eigenvalue weighted by Crippen LogP contribution is -2.25. The molecule has 0 bridgehead atoms. The van der Waals surface area contributed by atoms with Gasteiger partial charge in [-0.25, -0.2) is 19.3 Å². The molecule has 4 rings (SSSR count). The number of benzene rings is 2. The Morgan fingerprint density at radius 1 is 0.977 bits per heavy atom. The lowest BCUT2D eigenvalue weighted by molar-refractivity contribution is -0.137. The molecule has 2 aromatic heterocycles. The predicted molar refractivity (Wildman–Crippen MR) is 157 cm³/mol. The van der Waals surface area contributed by atoms with Crippen molar-refractivity contribution < 1.29 is 27.1 Å². The molecule has 1 amide bonds. The number of hydrogen-bond acceptors (Lipinski definition) is 7. The molecule has 1 N–H and O–H groups in total. The fourth-order valence-electron chi connectivity index (χ4n) is 4.32. The van der Waals surface area contributed by atoms with Crippen LogP contribution >= 0.6 is 0 Å². The standard InChI is InChI=1S/C31H32F4N6O2/c1-5-28-36-15-13-25(38-28)22-8-6-14-37-30(22)43-21-10-11-24(32)23(19-21)29(42)39-26-18-20(31(33,34)35)9-12-27(26)41(4)17-7-16-40(2)3/h6,8-15,18-19H,5,7,16-17H2,1-4H3,(H,39,42). The number of hydrogen-bond donors (Lipinski definition) is 1. The Morgan fingerprint density at radius 2 is 1.77 bits per heavy atom. The van der Waals surface area contributed by atoms with Gasteiger partial charge in [0, 0.05) is 32.4 Å². The van der Waals surface area contributed by atoms with Gasteiger partial charge in [-0.15, -0.1) is 0 Å². The number of alkyl halides is 3. The average Bonchev–Trinajstić information content (AvgIpc) is 2.97. The number of pyridine rings is 1. The van der Waals surface area contributed by atoms with Crippen LogP contribution in [0.3, 0.4) is 0 Å². The summed E-state index contributed by atoms with van der Waals surface area (Å²) in [7, 11) is 5.56. The Bertz CT molecular complexity index is 1580. The van der Waals surface area contributed by atoms with Gasteiger partial charge in [0.1, 0.15) is 17.4 Å². The van der Waals surface area contributed by atoms with Crippen molar-refractivity contribution in [1.29, 1.82) is 0 Å². The molecule has 0 fully saturated rings. The highest BCUT2D eigenvalue weighted by Crippen LogP contribution is 2.36. The Morgan fingerprint density at radius 3 is 2.49 bits per heavy atom. The van der Waals surface area contributed by atoms with Gasteiger partial charge in [0.05, 0.1) is 33.8 Å². The maximum absolute atomic E-state index is 14.9. The van der Waals surface area contributed by atoms with E-state index in [9.17, 15) is 22.4 Å². The molecule has 8 nitrogen and oxygen atoms in total. The maximum atomic E-state index is 14.9. The van der Waals surface area contributed by atoms with E-state index in [0.29, 0.717) is 35.7 Å². The first-order valence-corrected chi connectivity index (χ1v) is 13.6.